The van der Waals surface area contributed by atoms with Gasteiger partial charge in [0.05, 0.1) is 23.2 Å². The number of unbranched alkanes of at least 4 members (excludes halogenated alkanes) is 2. The highest BCUT2D eigenvalue weighted by molar-refractivity contribution is 7.99. The zero-order chi connectivity index (χ0) is 22.5. The molecular formula is C26H30N2O2S2. The van der Waals surface area contributed by atoms with E-state index in [0.717, 1.165) is 22.6 Å². The van der Waals surface area contributed by atoms with Gasteiger partial charge in [0.25, 0.3) is 11.8 Å². The first-order valence-electron chi connectivity index (χ1n) is 11.4. The second kappa shape index (κ2) is 10.6. The second-order valence-corrected chi connectivity index (χ2v) is 10.5. The summed E-state index contributed by atoms with van der Waals surface area (Å²) in [6.45, 7) is 4.39. The molecule has 0 saturated heterocycles. The van der Waals surface area contributed by atoms with E-state index in [1.807, 2.05) is 47.8 Å². The minimum Gasteiger partial charge on any atom is -0.341 e. The van der Waals surface area contributed by atoms with Crippen LogP contribution in [0.3, 0.4) is 0 Å². The van der Waals surface area contributed by atoms with Crippen LogP contribution in [0.15, 0.2) is 69.5 Å². The summed E-state index contributed by atoms with van der Waals surface area (Å²) in [6.07, 6.45) is 4.77. The molecule has 2 aromatic rings. The third kappa shape index (κ3) is 4.91. The fourth-order valence-corrected chi connectivity index (χ4v) is 6.06. The van der Waals surface area contributed by atoms with E-state index in [0.29, 0.717) is 11.1 Å². The summed E-state index contributed by atoms with van der Waals surface area (Å²) in [7, 11) is 0. The molecule has 0 bridgehead atoms. The van der Waals surface area contributed by atoms with Gasteiger partial charge in [-0.15, -0.1) is 23.5 Å². The van der Waals surface area contributed by atoms with Crippen LogP contribution < -0.4 is 10.6 Å². The monoisotopic (exact) mass is 466 g/mol. The Morgan fingerprint density at radius 1 is 0.656 bits per heavy atom. The van der Waals surface area contributed by atoms with Crippen LogP contribution in [-0.2, 0) is 9.59 Å². The fraction of sp³-hybridized carbons (Fsp3) is 0.385. The summed E-state index contributed by atoms with van der Waals surface area (Å²) in [5, 5.41) is 6.07. The molecule has 2 heterocycles. The number of carbonyl (C=O) groups is 2. The van der Waals surface area contributed by atoms with Crippen molar-refractivity contribution < 1.29 is 9.59 Å². The van der Waals surface area contributed by atoms with E-state index in [-0.39, 0.29) is 23.9 Å². The number of thioether (sulfide) groups is 2. The van der Waals surface area contributed by atoms with Crippen molar-refractivity contribution in [3.05, 3.63) is 70.8 Å². The van der Waals surface area contributed by atoms with Gasteiger partial charge in [0.1, 0.15) is 0 Å². The van der Waals surface area contributed by atoms with Gasteiger partial charge in [-0.05, 0) is 59.7 Å². The predicted molar refractivity (Wildman–Crippen MR) is 133 cm³/mol. The van der Waals surface area contributed by atoms with Crippen LogP contribution >= 0.6 is 23.5 Å². The van der Waals surface area contributed by atoms with Gasteiger partial charge in [-0.25, -0.2) is 0 Å². The number of amides is 2. The van der Waals surface area contributed by atoms with Gasteiger partial charge in [-0.1, -0.05) is 51.0 Å². The molecule has 2 aromatic carbocycles. The standard InChI is InChI=1S/C26H30N2O2S2/c1-3-5-15-31-19-11-7-17(8-12-19)23-21-22(26(30)27-23)24(28-25(21)29)18-9-13-20(14-10-18)32-16-6-4-2/h7-14,23-24H,3-6,15-16H2,1-2H3,(H,27,30)(H,28,29). The van der Waals surface area contributed by atoms with Crippen LogP contribution in [0.5, 0.6) is 0 Å². The van der Waals surface area contributed by atoms with E-state index in [9.17, 15) is 9.59 Å². The Balaban J connectivity index is 1.51. The molecule has 2 N–H and O–H groups in total. The molecule has 32 heavy (non-hydrogen) atoms. The molecule has 168 valence electrons. The lowest BCUT2D eigenvalue weighted by Crippen LogP contribution is -2.33. The van der Waals surface area contributed by atoms with Crippen LogP contribution in [0.1, 0.15) is 62.7 Å². The number of hydrogen-bond acceptors (Lipinski definition) is 4. The summed E-state index contributed by atoms with van der Waals surface area (Å²) in [5.41, 5.74) is 3.02. The molecule has 2 amide bonds. The smallest absolute Gasteiger partial charge is 0.250 e. The van der Waals surface area contributed by atoms with Gasteiger partial charge in [0, 0.05) is 9.79 Å². The molecule has 0 spiro atoms. The molecule has 0 fully saturated rings. The first-order chi connectivity index (χ1) is 15.6. The lowest BCUT2D eigenvalue weighted by atomic mass is 9.95. The molecule has 2 atom stereocenters. The lowest BCUT2D eigenvalue weighted by Gasteiger charge is -2.18. The molecule has 4 nitrogen and oxygen atoms in total. The van der Waals surface area contributed by atoms with Crippen molar-refractivity contribution in [2.75, 3.05) is 11.5 Å². The first kappa shape index (κ1) is 23.0. The van der Waals surface area contributed by atoms with Gasteiger partial charge in [0.15, 0.2) is 0 Å². The van der Waals surface area contributed by atoms with Crippen molar-refractivity contribution in [3.8, 4) is 0 Å². The normalized spacial score (nSPS) is 19.8. The first-order valence-corrected chi connectivity index (χ1v) is 13.4. The summed E-state index contributed by atoms with van der Waals surface area (Å²) in [4.78, 5) is 28.2. The van der Waals surface area contributed by atoms with E-state index >= 15 is 0 Å². The molecule has 4 rings (SSSR count). The molecule has 6 heteroatoms. The zero-order valence-corrected chi connectivity index (χ0v) is 20.3. The van der Waals surface area contributed by atoms with Gasteiger partial charge >= 0.3 is 0 Å². The van der Waals surface area contributed by atoms with Crippen LogP contribution in [0.4, 0.5) is 0 Å². The largest absolute Gasteiger partial charge is 0.341 e. The lowest BCUT2D eigenvalue weighted by molar-refractivity contribution is -0.118. The molecule has 0 saturated carbocycles. The van der Waals surface area contributed by atoms with Crippen molar-refractivity contribution >= 4 is 35.3 Å². The average Bonchev–Trinajstić information content (AvgIpc) is 3.33. The van der Waals surface area contributed by atoms with E-state index in [1.165, 1.54) is 35.5 Å². The molecule has 2 unspecified atom stereocenters. The van der Waals surface area contributed by atoms with Gasteiger partial charge < -0.3 is 10.6 Å². The number of nitrogens with one attached hydrogen (secondary N) is 2. The van der Waals surface area contributed by atoms with E-state index in [1.54, 1.807) is 0 Å². The van der Waals surface area contributed by atoms with Gasteiger partial charge in [-0.3, -0.25) is 9.59 Å². The number of hydrogen-bond donors (Lipinski definition) is 2. The maximum Gasteiger partial charge on any atom is 0.250 e. The number of carbonyl (C=O) groups excluding carboxylic acids is 2. The van der Waals surface area contributed by atoms with Crippen molar-refractivity contribution in [2.24, 2.45) is 0 Å². The van der Waals surface area contributed by atoms with Crippen LogP contribution in [0.25, 0.3) is 0 Å². The fourth-order valence-electron chi connectivity index (χ4n) is 4.06. The Kier molecular flexibility index (Phi) is 7.63. The topological polar surface area (TPSA) is 58.2 Å². The average molecular weight is 467 g/mol. The zero-order valence-electron chi connectivity index (χ0n) is 18.6. The summed E-state index contributed by atoms with van der Waals surface area (Å²) < 4.78 is 0. The molecular weight excluding hydrogens is 436 g/mol. The van der Waals surface area contributed by atoms with Gasteiger partial charge in [-0.2, -0.15) is 0 Å². The minimum atomic E-state index is -0.388. The third-order valence-corrected chi connectivity index (χ3v) is 8.06. The van der Waals surface area contributed by atoms with Crippen LogP contribution in [0, 0.1) is 0 Å². The summed E-state index contributed by atoms with van der Waals surface area (Å²) >= 11 is 3.68. The van der Waals surface area contributed by atoms with Crippen molar-refractivity contribution in [1.82, 2.24) is 10.6 Å². The predicted octanol–water partition coefficient (Wildman–Crippen LogP) is 5.81. The second-order valence-electron chi connectivity index (χ2n) is 8.18. The Hall–Kier alpha value is -2.18. The quantitative estimate of drug-likeness (QED) is 0.343. The summed E-state index contributed by atoms with van der Waals surface area (Å²) in [5.74, 6) is 1.89. The SMILES string of the molecule is CCCCSc1ccc(C2NC(=O)C3=C2C(=O)NC3c2ccc(SCCCC)cc2)cc1. The molecule has 0 radical (unpaired) electrons. The number of rotatable bonds is 10. The maximum absolute atomic E-state index is 12.9. The van der Waals surface area contributed by atoms with Crippen molar-refractivity contribution in [2.45, 2.75) is 61.4 Å². The van der Waals surface area contributed by atoms with Crippen LogP contribution in [0.2, 0.25) is 0 Å². The van der Waals surface area contributed by atoms with Crippen molar-refractivity contribution in [3.63, 3.8) is 0 Å². The molecule has 2 aliphatic heterocycles. The molecule has 0 aliphatic carbocycles. The van der Waals surface area contributed by atoms with E-state index in [2.05, 4.69) is 48.7 Å². The number of benzene rings is 2. The Labute approximate surface area is 199 Å². The highest BCUT2D eigenvalue weighted by atomic mass is 32.2. The highest BCUT2D eigenvalue weighted by Crippen LogP contribution is 2.41. The minimum absolute atomic E-state index is 0.156. The van der Waals surface area contributed by atoms with E-state index in [4.69, 9.17) is 0 Å². The molecule has 2 aliphatic rings. The maximum atomic E-state index is 12.9. The Morgan fingerprint density at radius 3 is 1.38 bits per heavy atom. The van der Waals surface area contributed by atoms with Crippen molar-refractivity contribution in [1.29, 1.82) is 0 Å². The highest BCUT2D eigenvalue weighted by Gasteiger charge is 2.45. The van der Waals surface area contributed by atoms with Gasteiger partial charge in [0.2, 0.25) is 0 Å². The summed E-state index contributed by atoms with van der Waals surface area (Å²) in [6, 6.07) is 15.7. The van der Waals surface area contributed by atoms with Crippen LogP contribution in [-0.4, -0.2) is 23.3 Å². The molecule has 0 aromatic heterocycles. The Morgan fingerprint density at radius 2 is 1.03 bits per heavy atom. The third-order valence-electron chi connectivity index (χ3n) is 5.87. The Bertz CT molecular complexity index is 918. The van der Waals surface area contributed by atoms with E-state index < -0.39 is 0 Å².